The van der Waals surface area contributed by atoms with Crippen molar-refractivity contribution in [1.82, 2.24) is 0 Å². The summed E-state index contributed by atoms with van der Waals surface area (Å²) >= 11 is 3.49. The molecule has 1 aromatic rings. The molecule has 1 heterocycles. The van der Waals surface area contributed by atoms with Gasteiger partial charge in [0.25, 0.3) is 0 Å². The summed E-state index contributed by atoms with van der Waals surface area (Å²) in [5.41, 5.74) is 0.809. The SMILES string of the molecule is OC1CC2(CCCCCCC2)Oc2cc(Br)ccc21. The van der Waals surface area contributed by atoms with Crippen LogP contribution in [0.15, 0.2) is 22.7 Å². The minimum absolute atomic E-state index is 0.131. The topological polar surface area (TPSA) is 29.5 Å². The summed E-state index contributed by atoms with van der Waals surface area (Å²) in [6, 6.07) is 5.94. The third-order valence-electron chi connectivity index (χ3n) is 4.49. The fourth-order valence-corrected chi connectivity index (χ4v) is 3.81. The van der Waals surface area contributed by atoms with E-state index in [0.29, 0.717) is 0 Å². The minimum atomic E-state index is -0.378. The number of aliphatic hydroxyl groups is 1. The van der Waals surface area contributed by atoms with Crippen LogP contribution in [0.3, 0.4) is 0 Å². The molecule has 1 atom stereocenters. The van der Waals surface area contributed by atoms with Gasteiger partial charge in [0.2, 0.25) is 0 Å². The van der Waals surface area contributed by atoms with Crippen LogP contribution in [-0.4, -0.2) is 10.7 Å². The van der Waals surface area contributed by atoms with Gasteiger partial charge < -0.3 is 9.84 Å². The highest BCUT2D eigenvalue weighted by Crippen LogP contribution is 2.45. The van der Waals surface area contributed by atoms with Crippen LogP contribution in [0.4, 0.5) is 0 Å². The lowest BCUT2D eigenvalue weighted by Gasteiger charge is -2.42. The maximum absolute atomic E-state index is 10.4. The van der Waals surface area contributed by atoms with Gasteiger partial charge in [-0.3, -0.25) is 0 Å². The highest BCUT2D eigenvalue weighted by atomic mass is 79.9. The zero-order chi connectivity index (χ0) is 13.3. The van der Waals surface area contributed by atoms with Crippen molar-refractivity contribution in [3.63, 3.8) is 0 Å². The molecule has 0 aromatic heterocycles. The van der Waals surface area contributed by atoms with E-state index in [1.165, 1.54) is 32.1 Å². The second-order valence-corrected chi connectivity index (χ2v) is 6.87. The summed E-state index contributed by atoms with van der Waals surface area (Å²) in [7, 11) is 0. The molecule has 1 N–H and O–H groups in total. The Bertz CT molecular complexity index is 450. The fourth-order valence-electron chi connectivity index (χ4n) is 3.46. The van der Waals surface area contributed by atoms with Crippen molar-refractivity contribution in [2.45, 2.75) is 63.1 Å². The molecule has 19 heavy (non-hydrogen) atoms. The molecule has 1 unspecified atom stereocenters. The molecule has 1 aliphatic heterocycles. The lowest BCUT2D eigenvalue weighted by molar-refractivity contribution is -0.0313. The number of rotatable bonds is 0. The number of aliphatic hydroxyl groups excluding tert-OH is 1. The molecule has 0 amide bonds. The van der Waals surface area contributed by atoms with E-state index in [1.54, 1.807) is 0 Å². The first-order chi connectivity index (χ1) is 9.19. The summed E-state index contributed by atoms with van der Waals surface area (Å²) in [6.45, 7) is 0. The van der Waals surface area contributed by atoms with Crippen LogP contribution in [0.5, 0.6) is 5.75 Å². The first-order valence-electron chi connectivity index (χ1n) is 7.35. The Balaban J connectivity index is 1.89. The van der Waals surface area contributed by atoms with E-state index in [2.05, 4.69) is 15.9 Å². The lowest BCUT2D eigenvalue weighted by Crippen LogP contribution is -2.41. The van der Waals surface area contributed by atoms with Crippen molar-refractivity contribution < 1.29 is 9.84 Å². The molecule has 1 aliphatic carbocycles. The first-order valence-corrected chi connectivity index (χ1v) is 8.14. The van der Waals surface area contributed by atoms with Gasteiger partial charge in [0.15, 0.2) is 0 Å². The summed E-state index contributed by atoms with van der Waals surface area (Å²) in [6.07, 6.45) is 8.91. The van der Waals surface area contributed by atoms with E-state index >= 15 is 0 Å². The van der Waals surface area contributed by atoms with Gasteiger partial charge in [0, 0.05) is 16.5 Å². The standard InChI is InChI=1S/C16H21BrO2/c17-12-6-7-13-14(18)11-16(19-15(13)10-12)8-4-2-1-3-5-9-16/h6-7,10,14,18H,1-5,8-9,11H2. The number of benzene rings is 1. The van der Waals surface area contributed by atoms with Gasteiger partial charge in [0.05, 0.1) is 6.10 Å². The van der Waals surface area contributed by atoms with Crippen LogP contribution in [0.2, 0.25) is 0 Å². The molecule has 0 radical (unpaired) electrons. The average Bonchev–Trinajstić information content (AvgIpc) is 2.34. The van der Waals surface area contributed by atoms with Crippen LogP contribution < -0.4 is 4.74 Å². The molecule has 3 rings (SSSR count). The second kappa shape index (κ2) is 5.45. The normalized spacial score (nSPS) is 26.1. The van der Waals surface area contributed by atoms with Crippen LogP contribution in [0.1, 0.15) is 63.0 Å². The van der Waals surface area contributed by atoms with Gasteiger partial charge >= 0.3 is 0 Å². The van der Waals surface area contributed by atoms with Crippen molar-refractivity contribution in [3.05, 3.63) is 28.2 Å². The largest absolute Gasteiger partial charge is 0.487 e. The Morgan fingerprint density at radius 2 is 1.79 bits per heavy atom. The zero-order valence-corrected chi connectivity index (χ0v) is 12.8. The fraction of sp³-hybridized carbons (Fsp3) is 0.625. The molecule has 0 bridgehead atoms. The Labute approximate surface area is 123 Å². The van der Waals surface area contributed by atoms with E-state index in [0.717, 1.165) is 35.0 Å². The van der Waals surface area contributed by atoms with Crippen LogP contribution >= 0.6 is 15.9 Å². The maximum Gasteiger partial charge on any atom is 0.127 e. The molecular formula is C16H21BrO2. The van der Waals surface area contributed by atoms with Crippen molar-refractivity contribution in [2.24, 2.45) is 0 Å². The zero-order valence-electron chi connectivity index (χ0n) is 11.2. The van der Waals surface area contributed by atoms with Crippen molar-refractivity contribution >= 4 is 15.9 Å². The minimum Gasteiger partial charge on any atom is -0.487 e. The van der Waals surface area contributed by atoms with Gasteiger partial charge in [-0.05, 0) is 37.8 Å². The summed E-state index contributed by atoms with van der Waals surface area (Å²) in [4.78, 5) is 0. The Kier molecular flexibility index (Phi) is 3.86. The molecule has 3 heteroatoms. The van der Waals surface area contributed by atoms with Crippen molar-refractivity contribution in [1.29, 1.82) is 0 Å². The van der Waals surface area contributed by atoms with E-state index < -0.39 is 0 Å². The lowest BCUT2D eigenvalue weighted by atomic mass is 9.79. The third kappa shape index (κ3) is 2.82. The van der Waals surface area contributed by atoms with Gasteiger partial charge in [-0.15, -0.1) is 0 Å². The van der Waals surface area contributed by atoms with Gasteiger partial charge in [-0.1, -0.05) is 41.3 Å². The smallest absolute Gasteiger partial charge is 0.127 e. The van der Waals surface area contributed by atoms with Gasteiger partial charge in [-0.2, -0.15) is 0 Å². The third-order valence-corrected chi connectivity index (χ3v) is 4.98. The molecule has 0 saturated heterocycles. The Morgan fingerprint density at radius 1 is 1.11 bits per heavy atom. The molecular weight excluding hydrogens is 304 g/mol. The maximum atomic E-state index is 10.4. The summed E-state index contributed by atoms with van der Waals surface area (Å²) in [5, 5.41) is 10.4. The Morgan fingerprint density at radius 3 is 2.53 bits per heavy atom. The highest BCUT2D eigenvalue weighted by Gasteiger charge is 2.40. The van der Waals surface area contributed by atoms with E-state index in [1.807, 2.05) is 18.2 Å². The van der Waals surface area contributed by atoms with E-state index in [-0.39, 0.29) is 11.7 Å². The number of hydrogen-bond acceptors (Lipinski definition) is 2. The molecule has 1 aromatic carbocycles. The Hall–Kier alpha value is -0.540. The van der Waals surface area contributed by atoms with Gasteiger partial charge in [-0.25, -0.2) is 0 Å². The summed E-state index contributed by atoms with van der Waals surface area (Å²) < 4.78 is 7.37. The number of fused-ring (bicyclic) bond motifs is 1. The average molecular weight is 325 g/mol. The molecule has 1 fully saturated rings. The predicted molar refractivity (Wildman–Crippen MR) is 79.4 cm³/mol. The number of ether oxygens (including phenoxy) is 1. The summed E-state index contributed by atoms with van der Waals surface area (Å²) in [5.74, 6) is 0.869. The second-order valence-electron chi connectivity index (χ2n) is 5.95. The molecule has 104 valence electrons. The quantitative estimate of drug-likeness (QED) is 0.746. The first kappa shape index (κ1) is 13.4. The molecule has 1 saturated carbocycles. The van der Waals surface area contributed by atoms with E-state index in [4.69, 9.17) is 4.74 Å². The van der Waals surface area contributed by atoms with E-state index in [9.17, 15) is 5.11 Å². The predicted octanol–water partition coefficient (Wildman–Crippen LogP) is 4.75. The molecule has 2 nitrogen and oxygen atoms in total. The highest BCUT2D eigenvalue weighted by molar-refractivity contribution is 9.10. The van der Waals surface area contributed by atoms with Gasteiger partial charge in [0.1, 0.15) is 11.4 Å². The van der Waals surface area contributed by atoms with Crippen LogP contribution in [0.25, 0.3) is 0 Å². The molecule has 2 aliphatic rings. The number of halogens is 1. The molecule has 1 spiro atoms. The monoisotopic (exact) mass is 324 g/mol. The van der Waals surface area contributed by atoms with Crippen molar-refractivity contribution in [3.8, 4) is 5.75 Å². The number of hydrogen-bond donors (Lipinski definition) is 1. The van der Waals surface area contributed by atoms with Crippen LogP contribution in [-0.2, 0) is 0 Å². The van der Waals surface area contributed by atoms with Crippen molar-refractivity contribution in [2.75, 3.05) is 0 Å². The van der Waals surface area contributed by atoms with Crippen LogP contribution in [0, 0.1) is 0 Å².